The summed E-state index contributed by atoms with van der Waals surface area (Å²) in [6, 6.07) is 14.6. The van der Waals surface area contributed by atoms with Gasteiger partial charge in [0.2, 0.25) is 0 Å². The van der Waals surface area contributed by atoms with Crippen molar-refractivity contribution in [1.29, 1.82) is 0 Å². The molecule has 1 aromatic heterocycles. The predicted molar refractivity (Wildman–Crippen MR) is 145 cm³/mol. The second-order valence-corrected chi connectivity index (χ2v) is 11.2. The smallest absolute Gasteiger partial charge is 0.226 e. The summed E-state index contributed by atoms with van der Waals surface area (Å²) in [6.45, 7) is 21.1. The minimum Gasteiger partial charge on any atom is -0.226 e. The van der Waals surface area contributed by atoms with E-state index in [1.807, 2.05) is 0 Å². The molecule has 0 N–H and O–H groups in total. The van der Waals surface area contributed by atoms with Gasteiger partial charge in [0.15, 0.2) is 0 Å². The lowest BCUT2D eigenvalue weighted by atomic mass is 9.66. The van der Waals surface area contributed by atoms with E-state index in [9.17, 15) is 0 Å². The predicted octanol–water partition coefficient (Wildman–Crippen LogP) is 8.82. The van der Waals surface area contributed by atoms with Crippen molar-refractivity contribution < 1.29 is 4.57 Å². The Kier molecular flexibility index (Phi) is 6.82. The van der Waals surface area contributed by atoms with Crippen LogP contribution < -0.4 is 4.57 Å². The highest BCUT2D eigenvalue weighted by Gasteiger charge is 2.48. The Morgan fingerprint density at radius 2 is 1.44 bits per heavy atom. The molecule has 0 saturated heterocycles. The molecule has 34 heavy (non-hydrogen) atoms. The van der Waals surface area contributed by atoms with Crippen LogP contribution in [0.5, 0.6) is 0 Å². The van der Waals surface area contributed by atoms with E-state index in [1.165, 1.54) is 39.3 Å². The number of hydrogen-bond acceptors (Lipinski definition) is 0. The van der Waals surface area contributed by atoms with Crippen molar-refractivity contribution in [3.63, 3.8) is 0 Å². The summed E-state index contributed by atoms with van der Waals surface area (Å²) in [5.41, 5.74) is 8.88. The zero-order chi connectivity index (χ0) is 24.8. The Labute approximate surface area is 208 Å². The summed E-state index contributed by atoms with van der Waals surface area (Å²) in [7, 11) is 0. The fraction of sp³-hybridized carbons (Fsp3) is 0.531. The third-order valence-corrected chi connectivity index (χ3v) is 8.52. The van der Waals surface area contributed by atoms with Gasteiger partial charge in [-0.3, -0.25) is 0 Å². The average Bonchev–Trinajstić information content (AvgIpc) is 3.26. The van der Waals surface area contributed by atoms with Crippen LogP contribution in [0.2, 0.25) is 0 Å². The maximum absolute atomic E-state index is 2.61. The van der Waals surface area contributed by atoms with Crippen molar-refractivity contribution in [1.82, 2.24) is 4.57 Å². The molecule has 0 aliphatic carbocycles. The molecule has 2 heterocycles. The summed E-state index contributed by atoms with van der Waals surface area (Å²) in [5, 5.41) is 0. The first-order valence-electron chi connectivity index (χ1n) is 13.6. The van der Waals surface area contributed by atoms with Crippen molar-refractivity contribution in [3.8, 4) is 17.1 Å². The van der Waals surface area contributed by atoms with E-state index in [1.54, 1.807) is 0 Å². The molecule has 0 spiro atoms. The first-order valence-corrected chi connectivity index (χ1v) is 13.6. The molecule has 4 rings (SSSR count). The average molecular weight is 458 g/mol. The van der Waals surface area contributed by atoms with Crippen LogP contribution in [0.15, 0.2) is 48.8 Å². The van der Waals surface area contributed by atoms with E-state index in [-0.39, 0.29) is 5.41 Å². The Bertz CT molecular complexity index is 1130. The Morgan fingerprint density at radius 3 is 1.94 bits per heavy atom. The molecule has 182 valence electrons. The van der Waals surface area contributed by atoms with Gasteiger partial charge in [-0.05, 0) is 54.2 Å². The van der Waals surface area contributed by atoms with E-state index in [0.29, 0.717) is 23.8 Å². The zero-order valence-corrected chi connectivity index (χ0v) is 22.9. The minimum atomic E-state index is 0.179. The molecule has 0 amide bonds. The van der Waals surface area contributed by atoms with Crippen LogP contribution >= 0.6 is 0 Å². The molecule has 0 bridgehead atoms. The highest BCUT2D eigenvalue weighted by Crippen LogP contribution is 2.49. The minimum absolute atomic E-state index is 0.179. The van der Waals surface area contributed by atoms with E-state index < -0.39 is 0 Å². The summed E-state index contributed by atoms with van der Waals surface area (Å²) in [4.78, 5) is 0. The molecule has 3 aromatic rings. The monoisotopic (exact) mass is 457 g/mol. The number of imidazole rings is 1. The Morgan fingerprint density at radius 1 is 0.853 bits per heavy atom. The molecule has 1 atom stereocenters. The lowest BCUT2D eigenvalue weighted by molar-refractivity contribution is -0.724. The van der Waals surface area contributed by atoms with Crippen LogP contribution in [0.25, 0.3) is 17.1 Å². The number of rotatable bonds is 7. The highest BCUT2D eigenvalue weighted by molar-refractivity contribution is 5.67. The molecule has 0 fully saturated rings. The van der Waals surface area contributed by atoms with Crippen LogP contribution in [0.4, 0.5) is 0 Å². The van der Waals surface area contributed by atoms with Crippen molar-refractivity contribution in [2.75, 3.05) is 0 Å². The van der Waals surface area contributed by atoms with Gasteiger partial charge in [-0.25, -0.2) is 4.57 Å². The second-order valence-electron chi connectivity index (χ2n) is 11.2. The van der Waals surface area contributed by atoms with Crippen molar-refractivity contribution in [3.05, 3.63) is 71.0 Å². The molecular weight excluding hydrogens is 412 g/mol. The first kappa shape index (κ1) is 24.8. The normalized spacial score (nSPS) is 16.9. The van der Waals surface area contributed by atoms with Gasteiger partial charge in [0.25, 0.3) is 5.82 Å². The van der Waals surface area contributed by atoms with Crippen LogP contribution in [0, 0.1) is 0 Å². The molecule has 1 unspecified atom stereocenters. The van der Waals surface area contributed by atoms with E-state index in [0.717, 1.165) is 19.3 Å². The van der Waals surface area contributed by atoms with Crippen LogP contribution in [-0.2, 0) is 5.41 Å². The third-order valence-electron chi connectivity index (χ3n) is 8.52. The number of hydrogen-bond donors (Lipinski definition) is 0. The van der Waals surface area contributed by atoms with Gasteiger partial charge >= 0.3 is 0 Å². The van der Waals surface area contributed by atoms with Crippen molar-refractivity contribution in [2.24, 2.45) is 0 Å². The lowest BCUT2D eigenvalue weighted by Crippen LogP contribution is -2.54. The first-order chi connectivity index (χ1) is 16.2. The van der Waals surface area contributed by atoms with Crippen molar-refractivity contribution in [2.45, 2.75) is 111 Å². The fourth-order valence-electron chi connectivity index (χ4n) is 6.55. The molecule has 1 aliphatic heterocycles. The van der Waals surface area contributed by atoms with E-state index in [2.05, 4.69) is 120 Å². The third kappa shape index (κ3) is 3.65. The number of benzene rings is 2. The van der Waals surface area contributed by atoms with Gasteiger partial charge in [0, 0.05) is 16.5 Å². The molecule has 2 aromatic carbocycles. The van der Waals surface area contributed by atoms with Gasteiger partial charge < -0.3 is 0 Å². The van der Waals surface area contributed by atoms with Crippen molar-refractivity contribution >= 4 is 0 Å². The second kappa shape index (κ2) is 9.36. The number of fused-ring (bicyclic) bond motifs is 3. The standard InChI is InChI=1S/C32H45N2/c1-10-29-32(11-2,12-3)28-16-14-13-15-25(28)31-33(29)17-18-34(31)30-26(22(6)7)19-24(21(4)5)20-27(30)23(8)9/h13-23,29H,10-12H2,1-9H3/q+1. The molecular formula is C32H45N2+. The number of aromatic nitrogens is 2. The zero-order valence-electron chi connectivity index (χ0n) is 22.9. The fourth-order valence-corrected chi connectivity index (χ4v) is 6.55. The SMILES string of the molecule is CCC1[n+]2ccn(-c3c(C(C)C)cc(C(C)C)cc3C(C)C)c2-c2ccccc2C1(CC)CC. The van der Waals surface area contributed by atoms with E-state index in [4.69, 9.17) is 0 Å². The number of nitrogens with zero attached hydrogens (tertiary/aromatic N) is 2. The Hall–Kier alpha value is -2.35. The molecule has 0 saturated carbocycles. The largest absolute Gasteiger partial charge is 0.294 e. The Balaban J connectivity index is 2.09. The molecule has 1 aliphatic rings. The summed E-state index contributed by atoms with van der Waals surface area (Å²) < 4.78 is 5.14. The van der Waals surface area contributed by atoms with Crippen LogP contribution in [0.1, 0.15) is 128 Å². The summed E-state index contributed by atoms with van der Waals surface area (Å²) in [6.07, 6.45) is 8.17. The maximum atomic E-state index is 2.61. The van der Waals surface area contributed by atoms with Gasteiger partial charge in [-0.2, -0.15) is 4.57 Å². The van der Waals surface area contributed by atoms with Crippen LogP contribution in [-0.4, -0.2) is 4.57 Å². The van der Waals surface area contributed by atoms with E-state index >= 15 is 0 Å². The van der Waals surface area contributed by atoms with Gasteiger partial charge in [-0.15, -0.1) is 0 Å². The molecule has 2 nitrogen and oxygen atoms in total. The lowest BCUT2D eigenvalue weighted by Gasteiger charge is -2.42. The van der Waals surface area contributed by atoms with Gasteiger partial charge in [0.05, 0.1) is 5.56 Å². The quantitative estimate of drug-likeness (QED) is 0.313. The van der Waals surface area contributed by atoms with Crippen LogP contribution in [0.3, 0.4) is 0 Å². The molecule has 2 heteroatoms. The topological polar surface area (TPSA) is 8.81 Å². The highest BCUT2D eigenvalue weighted by atomic mass is 15.2. The van der Waals surface area contributed by atoms with Gasteiger partial charge in [0.1, 0.15) is 24.1 Å². The molecule has 0 radical (unpaired) electrons. The summed E-state index contributed by atoms with van der Waals surface area (Å²) >= 11 is 0. The maximum Gasteiger partial charge on any atom is 0.294 e. The van der Waals surface area contributed by atoms with Gasteiger partial charge in [-0.1, -0.05) is 92.6 Å². The summed E-state index contributed by atoms with van der Waals surface area (Å²) in [5.74, 6) is 2.79.